The van der Waals surface area contributed by atoms with Gasteiger partial charge in [0, 0.05) is 30.5 Å². The lowest BCUT2D eigenvalue weighted by Gasteiger charge is -2.27. The Labute approximate surface area is 153 Å². The standard InChI is InChI=1S/C20H23N3O3/c1-2-26-20(25)15-6-8-17(9-7-15)22-19(24)16-10-11-21-18(14-16)23-12-4-3-5-13-23/h6-11,14H,2-5,12-13H2,1H3,(H,22,24). The Kier molecular flexibility index (Phi) is 5.84. The molecular formula is C20H23N3O3. The van der Waals surface area contributed by atoms with Crippen LogP contribution < -0.4 is 10.2 Å². The van der Waals surface area contributed by atoms with Gasteiger partial charge in [0.2, 0.25) is 0 Å². The highest BCUT2D eigenvalue weighted by atomic mass is 16.5. The zero-order valence-electron chi connectivity index (χ0n) is 14.9. The third-order valence-corrected chi connectivity index (χ3v) is 4.34. The number of carbonyl (C=O) groups is 2. The molecule has 0 spiro atoms. The number of aromatic nitrogens is 1. The van der Waals surface area contributed by atoms with Gasteiger partial charge in [0.1, 0.15) is 5.82 Å². The Morgan fingerprint density at radius 2 is 1.81 bits per heavy atom. The van der Waals surface area contributed by atoms with Gasteiger partial charge >= 0.3 is 5.97 Å². The lowest BCUT2D eigenvalue weighted by Crippen LogP contribution is -2.30. The number of benzene rings is 1. The maximum absolute atomic E-state index is 12.5. The van der Waals surface area contributed by atoms with Gasteiger partial charge in [-0.15, -0.1) is 0 Å². The molecule has 1 saturated heterocycles. The Morgan fingerprint density at radius 1 is 1.08 bits per heavy atom. The topological polar surface area (TPSA) is 71.5 Å². The number of nitrogens with zero attached hydrogens (tertiary/aromatic N) is 2. The van der Waals surface area contributed by atoms with E-state index < -0.39 is 0 Å². The van der Waals surface area contributed by atoms with E-state index in [2.05, 4.69) is 15.2 Å². The number of pyridine rings is 1. The number of nitrogens with one attached hydrogen (secondary N) is 1. The number of anilines is 2. The third kappa shape index (κ3) is 4.39. The number of hydrogen-bond donors (Lipinski definition) is 1. The quantitative estimate of drug-likeness (QED) is 0.833. The predicted octanol–water partition coefficient (Wildman–Crippen LogP) is 3.50. The van der Waals surface area contributed by atoms with Gasteiger partial charge in [0.25, 0.3) is 5.91 Å². The van der Waals surface area contributed by atoms with E-state index in [-0.39, 0.29) is 11.9 Å². The summed E-state index contributed by atoms with van der Waals surface area (Å²) in [4.78, 5) is 30.8. The summed E-state index contributed by atoms with van der Waals surface area (Å²) < 4.78 is 4.95. The highest BCUT2D eigenvalue weighted by molar-refractivity contribution is 6.04. The average molecular weight is 353 g/mol. The second kappa shape index (κ2) is 8.47. The van der Waals surface area contributed by atoms with E-state index in [1.165, 1.54) is 6.42 Å². The van der Waals surface area contributed by atoms with E-state index in [0.29, 0.717) is 23.4 Å². The molecule has 6 nitrogen and oxygen atoms in total. The van der Waals surface area contributed by atoms with Gasteiger partial charge in [0.15, 0.2) is 0 Å². The molecule has 1 N–H and O–H groups in total. The molecule has 0 unspecified atom stereocenters. The summed E-state index contributed by atoms with van der Waals surface area (Å²) in [5.41, 5.74) is 1.65. The summed E-state index contributed by atoms with van der Waals surface area (Å²) in [7, 11) is 0. The van der Waals surface area contributed by atoms with E-state index in [9.17, 15) is 9.59 Å². The van der Waals surface area contributed by atoms with Crippen molar-refractivity contribution in [3.63, 3.8) is 0 Å². The molecule has 1 aliphatic rings. The summed E-state index contributed by atoms with van der Waals surface area (Å²) in [5, 5.41) is 2.85. The predicted molar refractivity (Wildman–Crippen MR) is 101 cm³/mol. The van der Waals surface area contributed by atoms with Crippen LogP contribution in [-0.2, 0) is 4.74 Å². The van der Waals surface area contributed by atoms with Gasteiger partial charge < -0.3 is 15.0 Å². The molecule has 0 atom stereocenters. The van der Waals surface area contributed by atoms with Crippen molar-refractivity contribution in [3.05, 3.63) is 53.7 Å². The number of hydrogen-bond acceptors (Lipinski definition) is 5. The first-order valence-corrected chi connectivity index (χ1v) is 8.97. The zero-order valence-corrected chi connectivity index (χ0v) is 14.9. The summed E-state index contributed by atoms with van der Waals surface area (Å²) in [6, 6.07) is 10.2. The van der Waals surface area contributed by atoms with Gasteiger partial charge in [-0.3, -0.25) is 4.79 Å². The fourth-order valence-electron chi connectivity index (χ4n) is 2.96. The smallest absolute Gasteiger partial charge is 0.338 e. The molecule has 2 heterocycles. The van der Waals surface area contributed by atoms with Crippen LogP contribution in [0.3, 0.4) is 0 Å². The van der Waals surface area contributed by atoms with Crippen molar-refractivity contribution < 1.29 is 14.3 Å². The van der Waals surface area contributed by atoms with Gasteiger partial charge in [-0.2, -0.15) is 0 Å². The first kappa shape index (κ1) is 17.9. The zero-order chi connectivity index (χ0) is 18.4. The van der Waals surface area contributed by atoms with Crippen LogP contribution in [-0.4, -0.2) is 36.6 Å². The lowest BCUT2D eigenvalue weighted by molar-refractivity contribution is 0.0526. The Bertz CT molecular complexity index is 768. The van der Waals surface area contributed by atoms with Gasteiger partial charge in [-0.05, 0) is 62.6 Å². The number of ether oxygens (including phenoxy) is 1. The average Bonchev–Trinajstić information content (AvgIpc) is 2.69. The van der Waals surface area contributed by atoms with Crippen LogP contribution in [0.1, 0.15) is 46.9 Å². The normalized spacial score (nSPS) is 14.0. The van der Waals surface area contributed by atoms with Crippen LogP contribution in [0.2, 0.25) is 0 Å². The van der Waals surface area contributed by atoms with Crippen molar-refractivity contribution in [2.45, 2.75) is 26.2 Å². The van der Waals surface area contributed by atoms with Crippen LogP contribution in [0.4, 0.5) is 11.5 Å². The monoisotopic (exact) mass is 353 g/mol. The van der Waals surface area contributed by atoms with Crippen LogP contribution in [0.25, 0.3) is 0 Å². The van der Waals surface area contributed by atoms with Gasteiger partial charge in [-0.1, -0.05) is 0 Å². The molecule has 1 amide bonds. The van der Waals surface area contributed by atoms with Crippen LogP contribution in [0.15, 0.2) is 42.6 Å². The summed E-state index contributed by atoms with van der Waals surface area (Å²) in [6.07, 6.45) is 5.23. The molecule has 2 aromatic rings. The van der Waals surface area contributed by atoms with E-state index in [0.717, 1.165) is 31.7 Å². The van der Waals surface area contributed by atoms with Crippen molar-refractivity contribution >= 4 is 23.4 Å². The Hall–Kier alpha value is -2.89. The summed E-state index contributed by atoms with van der Waals surface area (Å²) >= 11 is 0. The van der Waals surface area contributed by atoms with E-state index in [1.54, 1.807) is 43.5 Å². The van der Waals surface area contributed by atoms with Gasteiger partial charge in [-0.25, -0.2) is 9.78 Å². The van der Waals surface area contributed by atoms with Crippen LogP contribution in [0.5, 0.6) is 0 Å². The van der Waals surface area contributed by atoms with Crippen molar-refractivity contribution in [1.82, 2.24) is 4.98 Å². The molecule has 3 rings (SSSR count). The summed E-state index contributed by atoms with van der Waals surface area (Å²) in [6.45, 7) is 4.05. The largest absolute Gasteiger partial charge is 0.462 e. The van der Waals surface area contributed by atoms with Crippen molar-refractivity contribution in [2.75, 3.05) is 29.9 Å². The first-order chi connectivity index (χ1) is 12.7. The lowest BCUT2D eigenvalue weighted by atomic mass is 10.1. The van der Waals surface area contributed by atoms with E-state index in [4.69, 9.17) is 4.74 Å². The second-order valence-electron chi connectivity index (χ2n) is 6.20. The molecule has 26 heavy (non-hydrogen) atoms. The minimum Gasteiger partial charge on any atom is -0.462 e. The van der Waals surface area contributed by atoms with E-state index >= 15 is 0 Å². The third-order valence-electron chi connectivity index (χ3n) is 4.34. The number of rotatable bonds is 5. The minimum atomic E-state index is -0.370. The van der Waals surface area contributed by atoms with Crippen molar-refractivity contribution in [3.8, 4) is 0 Å². The minimum absolute atomic E-state index is 0.199. The number of esters is 1. The molecule has 136 valence electrons. The molecule has 1 aliphatic heterocycles. The number of piperidine rings is 1. The molecular weight excluding hydrogens is 330 g/mol. The first-order valence-electron chi connectivity index (χ1n) is 8.97. The second-order valence-corrected chi connectivity index (χ2v) is 6.20. The van der Waals surface area contributed by atoms with E-state index in [1.807, 2.05) is 6.07 Å². The maximum atomic E-state index is 12.5. The van der Waals surface area contributed by atoms with Crippen molar-refractivity contribution in [1.29, 1.82) is 0 Å². The maximum Gasteiger partial charge on any atom is 0.338 e. The Balaban J connectivity index is 1.67. The van der Waals surface area contributed by atoms with Gasteiger partial charge in [0.05, 0.1) is 12.2 Å². The van der Waals surface area contributed by atoms with Crippen LogP contribution >= 0.6 is 0 Å². The molecule has 0 radical (unpaired) electrons. The molecule has 0 saturated carbocycles. The van der Waals surface area contributed by atoms with Crippen molar-refractivity contribution in [2.24, 2.45) is 0 Å². The number of carbonyl (C=O) groups excluding carboxylic acids is 2. The summed E-state index contributed by atoms with van der Waals surface area (Å²) in [5.74, 6) is 0.273. The Morgan fingerprint density at radius 3 is 2.50 bits per heavy atom. The molecule has 1 aromatic heterocycles. The fourth-order valence-corrected chi connectivity index (χ4v) is 2.96. The highest BCUT2D eigenvalue weighted by Gasteiger charge is 2.14. The molecule has 1 fully saturated rings. The molecule has 6 heteroatoms. The molecule has 0 aliphatic carbocycles. The highest BCUT2D eigenvalue weighted by Crippen LogP contribution is 2.19. The van der Waals surface area contributed by atoms with Crippen LogP contribution in [0, 0.1) is 0 Å². The number of amides is 1. The molecule has 0 bridgehead atoms. The molecule has 1 aromatic carbocycles. The fraction of sp³-hybridized carbons (Fsp3) is 0.350. The SMILES string of the molecule is CCOC(=O)c1ccc(NC(=O)c2ccnc(N3CCCCC3)c2)cc1.